The van der Waals surface area contributed by atoms with Crippen molar-refractivity contribution in [2.45, 2.75) is 18.1 Å². The van der Waals surface area contributed by atoms with Crippen molar-refractivity contribution in [2.24, 2.45) is 0 Å². The molecule has 1 aliphatic rings. The van der Waals surface area contributed by atoms with Crippen molar-refractivity contribution in [3.8, 4) is 0 Å². The van der Waals surface area contributed by atoms with Gasteiger partial charge in [0, 0.05) is 16.7 Å². The maximum absolute atomic E-state index is 13.2. The van der Waals surface area contributed by atoms with E-state index in [1.807, 2.05) is 91.0 Å². The number of nitrogens with one attached hydrogen (secondary N) is 2. The number of rotatable bonds is 5. The van der Waals surface area contributed by atoms with Gasteiger partial charge in [-0.2, -0.15) is 0 Å². The number of hydrogen-bond acceptors (Lipinski definition) is 4. The molecule has 0 bridgehead atoms. The van der Waals surface area contributed by atoms with Crippen molar-refractivity contribution in [1.29, 1.82) is 0 Å². The molecule has 3 aromatic carbocycles. The van der Waals surface area contributed by atoms with Crippen LogP contribution in [0, 0.1) is 0 Å². The Balaban J connectivity index is 1.86. The quantitative estimate of drug-likeness (QED) is 0.509. The molecule has 1 heterocycles. The van der Waals surface area contributed by atoms with E-state index in [4.69, 9.17) is 4.74 Å². The zero-order valence-electron chi connectivity index (χ0n) is 16.1. The van der Waals surface area contributed by atoms with E-state index in [2.05, 4.69) is 10.6 Å². The fourth-order valence-electron chi connectivity index (χ4n) is 3.67. The largest absolute Gasteiger partial charge is 0.443 e. The molecule has 0 radical (unpaired) electrons. The van der Waals surface area contributed by atoms with E-state index in [0.29, 0.717) is 0 Å². The molecule has 1 unspecified atom stereocenters. The molecule has 6 heteroatoms. The van der Waals surface area contributed by atoms with Crippen LogP contribution in [0.1, 0.15) is 23.1 Å². The first-order valence-corrected chi connectivity index (χ1v) is 9.59. The Bertz CT molecular complexity index is 940. The third-order valence-electron chi connectivity index (χ3n) is 5.03. The highest BCUT2D eigenvalue weighted by Gasteiger charge is 2.43. The zero-order chi connectivity index (χ0) is 21.0. The highest BCUT2D eigenvalue weighted by atomic mass is 16.6. The highest BCUT2D eigenvalue weighted by Crippen LogP contribution is 2.40. The number of esters is 1. The predicted molar refractivity (Wildman–Crippen MR) is 110 cm³/mol. The SMILES string of the molecule is O=C1CC(C(=O)OC(c2ccccc2)(c2ccccc2)c2ccccc2)NC(=O)N1. The topological polar surface area (TPSA) is 84.5 Å². The van der Waals surface area contributed by atoms with E-state index in [0.717, 1.165) is 16.7 Å². The van der Waals surface area contributed by atoms with Crippen LogP contribution in [-0.2, 0) is 19.9 Å². The van der Waals surface area contributed by atoms with E-state index in [1.54, 1.807) is 0 Å². The van der Waals surface area contributed by atoms with Crippen LogP contribution in [0.15, 0.2) is 91.0 Å². The van der Waals surface area contributed by atoms with Crippen molar-refractivity contribution in [2.75, 3.05) is 0 Å². The average Bonchev–Trinajstić information content (AvgIpc) is 2.78. The van der Waals surface area contributed by atoms with Gasteiger partial charge in [-0.15, -0.1) is 0 Å². The minimum absolute atomic E-state index is 0.182. The van der Waals surface area contributed by atoms with Gasteiger partial charge in [0.15, 0.2) is 5.60 Å². The van der Waals surface area contributed by atoms with Gasteiger partial charge in [-0.1, -0.05) is 91.0 Å². The fourth-order valence-corrected chi connectivity index (χ4v) is 3.67. The molecule has 30 heavy (non-hydrogen) atoms. The van der Waals surface area contributed by atoms with Crippen molar-refractivity contribution in [1.82, 2.24) is 10.6 Å². The lowest BCUT2D eigenvalue weighted by molar-refractivity contribution is -0.157. The molecule has 6 nitrogen and oxygen atoms in total. The Morgan fingerprint density at radius 3 is 1.60 bits per heavy atom. The van der Waals surface area contributed by atoms with Gasteiger partial charge in [0.05, 0.1) is 6.42 Å². The van der Waals surface area contributed by atoms with Gasteiger partial charge in [-0.05, 0) is 0 Å². The zero-order valence-corrected chi connectivity index (χ0v) is 16.1. The number of benzene rings is 3. The Hall–Kier alpha value is -3.93. The van der Waals surface area contributed by atoms with Crippen molar-refractivity contribution < 1.29 is 19.1 Å². The Morgan fingerprint density at radius 1 is 0.767 bits per heavy atom. The minimum atomic E-state index is -1.25. The number of urea groups is 1. The normalized spacial score (nSPS) is 16.3. The molecule has 1 saturated heterocycles. The standard InChI is InChI=1S/C24H20N2O4/c27-21-16-20(25-23(29)26-21)22(28)30-24(17-10-4-1-5-11-17,18-12-6-2-7-13-18)19-14-8-3-9-15-19/h1-15,20H,16H2,(H2,25,26,27,29). The molecule has 1 fully saturated rings. The van der Waals surface area contributed by atoms with E-state index in [9.17, 15) is 14.4 Å². The Kier molecular flexibility index (Phi) is 5.30. The molecule has 4 rings (SSSR count). The van der Waals surface area contributed by atoms with Crippen LogP contribution in [0.4, 0.5) is 4.79 Å². The second kappa shape index (κ2) is 8.21. The highest BCUT2D eigenvalue weighted by molar-refractivity contribution is 6.01. The van der Waals surface area contributed by atoms with Crippen molar-refractivity contribution in [3.63, 3.8) is 0 Å². The molecule has 2 N–H and O–H groups in total. The van der Waals surface area contributed by atoms with Crippen LogP contribution in [0.25, 0.3) is 0 Å². The molecule has 1 aliphatic heterocycles. The number of amides is 3. The van der Waals surface area contributed by atoms with Crippen molar-refractivity contribution in [3.05, 3.63) is 108 Å². The number of imide groups is 1. The smallest absolute Gasteiger partial charge is 0.330 e. The summed E-state index contributed by atoms with van der Waals surface area (Å²) >= 11 is 0. The lowest BCUT2D eigenvalue weighted by Gasteiger charge is -2.36. The Labute approximate surface area is 173 Å². The monoisotopic (exact) mass is 400 g/mol. The molecular formula is C24H20N2O4. The number of ether oxygens (including phenoxy) is 1. The summed E-state index contributed by atoms with van der Waals surface area (Å²) in [6, 6.07) is 26.5. The lowest BCUT2D eigenvalue weighted by Crippen LogP contribution is -2.56. The van der Waals surface area contributed by atoms with Gasteiger partial charge in [-0.3, -0.25) is 10.1 Å². The van der Waals surface area contributed by atoms with E-state index >= 15 is 0 Å². The number of carbonyl (C=O) groups is 3. The van der Waals surface area contributed by atoms with E-state index in [1.165, 1.54) is 0 Å². The number of hydrogen-bond donors (Lipinski definition) is 2. The van der Waals surface area contributed by atoms with Crippen LogP contribution in [-0.4, -0.2) is 23.9 Å². The maximum atomic E-state index is 13.2. The van der Waals surface area contributed by atoms with E-state index < -0.39 is 29.6 Å². The summed E-state index contributed by atoms with van der Waals surface area (Å²) in [7, 11) is 0. The first-order chi connectivity index (χ1) is 14.6. The molecule has 0 saturated carbocycles. The third kappa shape index (κ3) is 3.67. The first kappa shape index (κ1) is 19.4. The summed E-state index contributed by atoms with van der Waals surface area (Å²) in [5, 5.41) is 4.60. The van der Waals surface area contributed by atoms with Crippen LogP contribution in [0.5, 0.6) is 0 Å². The summed E-state index contributed by atoms with van der Waals surface area (Å²) in [6.07, 6.45) is -0.182. The van der Waals surface area contributed by atoms with Gasteiger partial charge in [0.1, 0.15) is 6.04 Å². The van der Waals surface area contributed by atoms with Crippen LogP contribution >= 0.6 is 0 Å². The summed E-state index contributed by atoms with van der Waals surface area (Å²) in [4.78, 5) is 36.7. The summed E-state index contributed by atoms with van der Waals surface area (Å²) < 4.78 is 6.20. The molecule has 1 atom stereocenters. The van der Waals surface area contributed by atoms with Gasteiger partial charge in [0.2, 0.25) is 5.91 Å². The average molecular weight is 400 g/mol. The fraction of sp³-hybridized carbons (Fsp3) is 0.125. The summed E-state index contributed by atoms with van der Waals surface area (Å²) in [5.41, 5.74) is 1.01. The molecule has 3 amide bonds. The van der Waals surface area contributed by atoms with Gasteiger partial charge >= 0.3 is 12.0 Å². The van der Waals surface area contributed by atoms with Gasteiger partial charge in [-0.25, -0.2) is 9.59 Å². The molecule has 0 aromatic heterocycles. The van der Waals surface area contributed by atoms with E-state index in [-0.39, 0.29) is 6.42 Å². The van der Waals surface area contributed by atoms with Crippen LogP contribution in [0.3, 0.4) is 0 Å². The lowest BCUT2D eigenvalue weighted by atomic mass is 9.80. The molecule has 0 aliphatic carbocycles. The minimum Gasteiger partial charge on any atom is -0.443 e. The van der Waals surface area contributed by atoms with Crippen LogP contribution < -0.4 is 10.6 Å². The van der Waals surface area contributed by atoms with Gasteiger partial charge in [0.25, 0.3) is 0 Å². The predicted octanol–water partition coefficient (Wildman–Crippen LogP) is 3.12. The first-order valence-electron chi connectivity index (χ1n) is 9.59. The summed E-state index contributed by atoms with van der Waals surface area (Å²) in [5.74, 6) is -1.21. The molecule has 150 valence electrons. The third-order valence-corrected chi connectivity index (χ3v) is 5.03. The summed E-state index contributed by atoms with van der Waals surface area (Å²) in [6.45, 7) is 0. The Morgan fingerprint density at radius 2 is 1.20 bits per heavy atom. The molecule has 3 aromatic rings. The number of carbonyl (C=O) groups excluding carboxylic acids is 3. The second-order valence-electron chi connectivity index (χ2n) is 6.98. The second-order valence-corrected chi connectivity index (χ2v) is 6.98. The maximum Gasteiger partial charge on any atom is 0.330 e. The van der Waals surface area contributed by atoms with Gasteiger partial charge < -0.3 is 10.1 Å². The molecular weight excluding hydrogens is 380 g/mol. The van der Waals surface area contributed by atoms with Crippen LogP contribution in [0.2, 0.25) is 0 Å². The molecule has 0 spiro atoms. The van der Waals surface area contributed by atoms with Crippen molar-refractivity contribution >= 4 is 17.9 Å².